The largest absolute Gasteiger partial charge is 0.349 e. The van der Waals surface area contributed by atoms with E-state index in [1.165, 1.54) is 46.5 Å². The van der Waals surface area contributed by atoms with E-state index in [9.17, 15) is 5.26 Å². The molecule has 4 heteroatoms. The van der Waals surface area contributed by atoms with E-state index in [1.807, 2.05) is 11.8 Å². The second kappa shape index (κ2) is 7.66. The lowest BCUT2D eigenvalue weighted by molar-refractivity contribution is 0.0857. The zero-order valence-electron chi connectivity index (χ0n) is 15.9. The number of likely N-dealkylation sites (tertiary alicyclic amines) is 1. The zero-order valence-corrected chi connectivity index (χ0v) is 16.7. The second-order valence-electron chi connectivity index (χ2n) is 7.89. The molecule has 1 aliphatic carbocycles. The van der Waals surface area contributed by atoms with Crippen molar-refractivity contribution in [3.63, 3.8) is 0 Å². The Bertz CT molecular complexity index is 819. The molecule has 0 spiro atoms. The summed E-state index contributed by atoms with van der Waals surface area (Å²) in [5, 5.41) is 12.1. The average Bonchev–Trinajstić information content (AvgIpc) is 3.00. The van der Waals surface area contributed by atoms with Crippen molar-refractivity contribution in [3.05, 3.63) is 29.3 Å². The molecule has 3 atom stereocenters. The number of thioether (sulfide) groups is 1. The topological polar surface area (TPSA) is 42.8 Å². The van der Waals surface area contributed by atoms with E-state index in [4.69, 9.17) is 0 Å². The Balaban J connectivity index is 1.77. The Morgan fingerprint density at radius 1 is 1.31 bits per heavy atom. The molecule has 26 heavy (non-hydrogen) atoms. The monoisotopic (exact) mass is 367 g/mol. The van der Waals surface area contributed by atoms with Crippen LogP contribution in [0.4, 0.5) is 0 Å². The number of hydrogen-bond donors (Lipinski definition) is 1. The SMILES string of the molecule is CCCSc1[nH]c2cccc3c2c1C[C@H]1[C@H]3CC(CC#N)CN1CCC. The van der Waals surface area contributed by atoms with Gasteiger partial charge in [0.2, 0.25) is 0 Å². The van der Waals surface area contributed by atoms with Crippen molar-refractivity contribution in [1.82, 2.24) is 9.88 Å². The van der Waals surface area contributed by atoms with E-state index in [2.05, 4.69) is 48.0 Å². The van der Waals surface area contributed by atoms with Gasteiger partial charge in [0.1, 0.15) is 0 Å². The number of nitrogens with zero attached hydrogens (tertiary/aromatic N) is 2. The van der Waals surface area contributed by atoms with Gasteiger partial charge in [-0.2, -0.15) is 5.26 Å². The summed E-state index contributed by atoms with van der Waals surface area (Å²) in [4.78, 5) is 6.41. The van der Waals surface area contributed by atoms with E-state index >= 15 is 0 Å². The third kappa shape index (κ3) is 3.06. The lowest BCUT2D eigenvalue weighted by atomic mass is 9.71. The van der Waals surface area contributed by atoms with E-state index < -0.39 is 0 Å². The summed E-state index contributed by atoms with van der Waals surface area (Å²) >= 11 is 1.99. The lowest BCUT2D eigenvalue weighted by Crippen LogP contribution is -2.50. The summed E-state index contributed by atoms with van der Waals surface area (Å²) in [6.07, 6.45) is 5.41. The molecule has 1 saturated heterocycles. The summed E-state index contributed by atoms with van der Waals surface area (Å²) in [5.41, 5.74) is 4.38. The molecule has 2 aliphatic rings. The smallest absolute Gasteiger partial charge is 0.0765 e. The predicted octanol–water partition coefficient (Wildman–Crippen LogP) is 5.32. The van der Waals surface area contributed by atoms with E-state index in [0.717, 1.165) is 19.5 Å². The van der Waals surface area contributed by atoms with Gasteiger partial charge in [-0.25, -0.2) is 0 Å². The van der Waals surface area contributed by atoms with Crippen LogP contribution in [0.25, 0.3) is 10.9 Å². The van der Waals surface area contributed by atoms with Crippen LogP contribution in [0, 0.1) is 17.2 Å². The number of piperidine rings is 1. The lowest BCUT2D eigenvalue weighted by Gasteiger charge is -2.47. The molecule has 1 aromatic heterocycles. The van der Waals surface area contributed by atoms with Crippen molar-refractivity contribution >= 4 is 22.7 Å². The number of benzene rings is 1. The molecule has 2 aromatic rings. The Morgan fingerprint density at radius 3 is 2.96 bits per heavy atom. The molecule has 1 unspecified atom stereocenters. The molecule has 0 saturated carbocycles. The molecule has 0 bridgehead atoms. The molecule has 138 valence electrons. The van der Waals surface area contributed by atoms with Crippen LogP contribution in [0.15, 0.2) is 23.2 Å². The number of H-pyrrole nitrogens is 1. The quantitative estimate of drug-likeness (QED) is 0.702. The minimum absolute atomic E-state index is 0.512. The van der Waals surface area contributed by atoms with Crippen LogP contribution in [0.1, 0.15) is 56.6 Å². The molecule has 0 radical (unpaired) electrons. The van der Waals surface area contributed by atoms with Gasteiger partial charge in [-0.3, -0.25) is 4.90 Å². The van der Waals surface area contributed by atoms with Crippen molar-refractivity contribution in [2.45, 2.75) is 62.9 Å². The van der Waals surface area contributed by atoms with Gasteiger partial charge in [-0.15, -0.1) is 11.8 Å². The fourth-order valence-corrected chi connectivity index (χ4v) is 6.05. The number of fused-ring (bicyclic) bond motifs is 2. The standard InChI is InChI=1S/C22H29N3S/c1-3-10-25-14-15(8-9-23)12-17-16-6-5-7-19-21(16)18(13-20(17)25)22(24-19)26-11-4-2/h5-7,15,17,20,24H,3-4,8,10-14H2,1-2H3/t15?,17-,20-/m0/s1. The minimum atomic E-state index is 0.512. The van der Waals surface area contributed by atoms with Gasteiger partial charge in [-0.1, -0.05) is 26.0 Å². The van der Waals surface area contributed by atoms with Gasteiger partial charge in [0.15, 0.2) is 0 Å². The molecular formula is C22H29N3S. The zero-order chi connectivity index (χ0) is 18.1. The van der Waals surface area contributed by atoms with Crippen LogP contribution >= 0.6 is 11.8 Å². The van der Waals surface area contributed by atoms with Gasteiger partial charge in [0, 0.05) is 35.8 Å². The Morgan fingerprint density at radius 2 is 2.19 bits per heavy atom. The predicted molar refractivity (Wildman–Crippen MR) is 110 cm³/mol. The summed E-state index contributed by atoms with van der Waals surface area (Å²) < 4.78 is 0. The number of aromatic amines is 1. The van der Waals surface area contributed by atoms with Crippen LogP contribution in [-0.2, 0) is 6.42 Å². The normalized spacial score (nSPS) is 25.2. The van der Waals surface area contributed by atoms with Crippen molar-refractivity contribution in [3.8, 4) is 6.07 Å². The second-order valence-corrected chi connectivity index (χ2v) is 8.99. The molecule has 1 fully saturated rings. The first-order valence-corrected chi connectivity index (χ1v) is 11.1. The number of hydrogen-bond acceptors (Lipinski definition) is 3. The van der Waals surface area contributed by atoms with Crippen molar-refractivity contribution in [2.24, 2.45) is 5.92 Å². The van der Waals surface area contributed by atoms with Crippen LogP contribution in [-0.4, -0.2) is 34.8 Å². The van der Waals surface area contributed by atoms with E-state index in [1.54, 1.807) is 5.56 Å². The van der Waals surface area contributed by atoms with Crippen molar-refractivity contribution < 1.29 is 0 Å². The summed E-state index contributed by atoms with van der Waals surface area (Å²) in [7, 11) is 0. The first kappa shape index (κ1) is 17.9. The highest BCUT2D eigenvalue weighted by atomic mass is 32.2. The highest BCUT2D eigenvalue weighted by molar-refractivity contribution is 7.99. The third-order valence-corrected chi connectivity index (χ3v) is 7.34. The molecule has 1 N–H and O–H groups in total. The third-order valence-electron chi connectivity index (χ3n) is 6.09. The van der Waals surface area contributed by atoms with Crippen molar-refractivity contribution in [2.75, 3.05) is 18.8 Å². The van der Waals surface area contributed by atoms with Gasteiger partial charge in [-0.05, 0) is 61.1 Å². The van der Waals surface area contributed by atoms with E-state index in [-0.39, 0.29) is 0 Å². The van der Waals surface area contributed by atoms with Gasteiger partial charge < -0.3 is 4.98 Å². The van der Waals surface area contributed by atoms with Gasteiger partial charge in [0.05, 0.1) is 11.1 Å². The maximum absolute atomic E-state index is 9.25. The maximum Gasteiger partial charge on any atom is 0.0765 e. The van der Waals surface area contributed by atoms with E-state index in [0.29, 0.717) is 24.3 Å². The first-order valence-electron chi connectivity index (χ1n) is 10.1. The molecular weight excluding hydrogens is 338 g/mol. The fraction of sp³-hybridized carbons (Fsp3) is 0.591. The first-order chi connectivity index (χ1) is 12.8. The number of nitrogens with one attached hydrogen (secondary N) is 1. The van der Waals surface area contributed by atoms with Crippen LogP contribution < -0.4 is 0 Å². The van der Waals surface area contributed by atoms with Gasteiger partial charge in [0.25, 0.3) is 0 Å². The summed E-state index contributed by atoms with van der Waals surface area (Å²) in [6, 6.07) is 9.83. The average molecular weight is 368 g/mol. The number of nitriles is 1. The molecule has 0 amide bonds. The molecule has 3 nitrogen and oxygen atoms in total. The number of rotatable bonds is 6. The molecule has 2 heterocycles. The highest BCUT2D eigenvalue weighted by Gasteiger charge is 2.41. The fourth-order valence-electron chi connectivity index (χ4n) is 5.10. The molecule has 1 aromatic carbocycles. The highest BCUT2D eigenvalue weighted by Crippen LogP contribution is 2.47. The van der Waals surface area contributed by atoms with Crippen LogP contribution in [0.2, 0.25) is 0 Å². The minimum Gasteiger partial charge on any atom is -0.349 e. The Labute approximate surface area is 161 Å². The summed E-state index contributed by atoms with van der Waals surface area (Å²) in [6.45, 7) is 6.77. The number of aromatic nitrogens is 1. The summed E-state index contributed by atoms with van der Waals surface area (Å²) in [5.74, 6) is 2.26. The van der Waals surface area contributed by atoms with Crippen molar-refractivity contribution in [1.29, 1.82) is 5.26 Å². The van der Waals surface area contributed by atoms with Crippen LogP contribution in [0.3, 0.4) is 0 Å². The molecule has 4 rings (SSSR count). The Kier molecular flexibility index (Phi) is 5.29. The maximum atomic E-state index is 9.25. The van der Waals surface area contributed by atoms with Crippen LogP contribution in [0.5, 0.6) is 0 Å². The van der Waals surface area contributed by atoms with Gasteiger partial charge >= 0.3 is 0 Å². The molecule has 1 aliphatic heterocycles. The Hall–Kier alpha value is -1.44.